The standard InChI is InChI=1S/C3H6Cl2O2S/c1-2-3(4)8(5,6)7/h3H,2H2,1H3. The topological polar surface area (TPSA) is 34.1 Å². The molecule has 2 nitrogen and oxygen atoms in total. The highest BCUT2D eigenvalue weighted by Gasteiger charge is 2.16. The van der Waals surface area contributed by atoms with Crippen molar-refractivity contribution in [2.24, 2.45) is 0 Å². The van der Waals surface area contributed by atoms with Crippen molar-refractivity contribution in [1.82, 2.24) is 0 Å². The lowest BCUT2D eigenvalue weighted by molar-refractivity contribution is 0.605. The third-order valence-electron chi connectivity index (χ3n) is 0.626. The number of rotatable bonds is 2. The van der Waals surface area contributed by atoms with Gasteiger partial charge in [0.1, 0.15) is 4.71 Å². The lowest BCUT2D eigenvalue weighted by atomic mass is 10.6. The van der Waals surface area contributed by atoms with Crippen LogP contribution in [0.1, 0.15) is 13.3 Å². The lowest BCUT2D eigenvalue weighted by Crippen LogP contribution is -2.05. The molecule has 0 fully saturated rings. The van der Waals surface area contributed by atoms with E-state index in [0.29, 0.717) is 6.42 Å². The Morgan fingerprint density at radius 1 is 1.62 bits per heavy atom. The van der Waals surface area contributed by atoms with Gasteiger partial charge in [-0.15, -0.1) is 11.6 Å². The summed E-state index contributed by atoms with van der Waals surface area (Å²) in [6, 6.07) is 0. The summed E-state index contributed by atoms with van der Waals surface area (Å²) < 4.78 is 19.5. The van der Waals surface area contributed by atoms with Crippen LogP contribution in [-0.2, 0) is 9.05 Å². The molecule has 0 aliphatic carbocycles. The van der Waals surface area contributed by atoms with Gasteiger partial charge in [-0.05, 0) is 6.42 Å². The van der Waals surface area contributed by atoms with Crippen LogP contribution in [0.15, 0.2) is 0 Å². The minimum Gasteiger partial charge on any atom is -0.211 e. The van der Waals surface area contributed by atoms with Crippen molar-refractivity contribution >= 4 is 31.3 Å². The fraction of sp³-hybridized carbons (Fsp3) is 1.00. The molecule has 0 spiro atoms. The molecule has 0 rings (SSSR count). The number of alkyl halides is 1. The van der Waals surface area contributed by atoms with E-state index >= 15 is 0 Å². The summed E-state index contributed by atoms with van der Waals surface area (Å²) in [7, 11) is 1.31. The molecule has 0 amide bonds. The Hall–Kier alpha value is 0.530. The zero-order chi connectivity index (χ0) is 6.78. The first-order valence-corrected chi connectivity index (χ1v) is 4.87. The van der Waals surface area contributed by atoms with Crippen molar-refractivity contribution in [3.63, 3.8) is 0 Å². The highest BCUT2D eigenvalue weighted by atomic mass is 35.7. The van der Waals surface area contributed by atoms with E-state index in [2.05, 4.69) is 0 Å². The summed E-state index contributed by atoms with van der Waals surface area (Å²) in [5.41, 5.74) is 0. The fourth-order valence-electron chi connectivity index (χ4n) is 0.199. The molecule has 0 aromatic rings. The zero-order valence-electron chi connectivity index (χ0n) is 4.27. The molecule has 0 aromatic heterocycles. The largest absolute Gasteiger partial charge is 0.249 e. The second-order valence-corrected chi connectivity index (χ2v) is 4.89. The first-order valence-electron chi connectivity index (χ1n) is 2.06. The molecule has 0 bridgehead atoms. The molecule has 0 radical (unpaired) electrons. The van der Waals surface area contributed by atoms with E-state index in [4.69, 9.17) is 22.3 Å². The maximum absolute atomic E-state index is 10.2. The van der Waals surface area contributed by atoms with Crippen LogP contribution in [0.4, 0.5) is 0 Å². The smallest absolute Gasteiger partial charge is 0.211 e. The van der Waals surface area contributed by atoms with Gasteiger partial charge in [0.05, 0.1) is 0 Å². The molecular weight excluding hydrogens is 171 g/mol. The molecule has 5 heteroatoms. The third kappa shape index (κ3) is 2.74. The zero-order valence-corrected chi connectivity index (χ0v) is 6.59. The van der Waals surface area contributed by atoms with E-state index in [1.807, 2.05) is 0 Å². The average Bonchev–Trinajstić information content (AvgIpc) is 1.62. The van der Waals surface area contributed by atoms with Gasteiger partial charge in [0.2, 0.25) is 9.05 Å². The van der Waals surface area contributed by atoms with Crippen LogP contribution in [0.3, 0.4) is 0 Å². The van der Waals surface area contributed by atoms with E-state index in [1.54, 1.807) is 6.92 Å². The van der Waals surface area contributed by atoms with Crippen molar-refractivity contribution in [2.75, 3.05) is 0 Å². The highest BCUT2D eigenvalue weighted by Crippen LogP contribution is 2.13. The van der Waals surface area contributed by atoms with Gasteiger partial charge in [-0.2, -0.15) is 0 Å². The summed E-state index contributed by atoms with van der Waals surface area (Å²) >= 11 is 5.22. The second-order valence-electron chi connectivity index (χ2n) is 1.29. The second kappa shape index (κ2) is 2.90. The van der Waals surface area contributed by atoms with E-state index < -0.39 is 13.8 Å². The fourth-order valence-corrected chi connectivity index (χ4v) is 0.975. The molecular formula is C3H6Cl2O2S. The van der Waals surface area contributed by atoms with Crippen LogP contribution in [-0.4, -0.2) is 13.1 Å². The maximum Gasteiger partial charge on any atom is 0.249 e. The van der Waals surface area contributed by atoms with Gasteiger partial charge in [0.25, 0.3) is 0 Å². The molecule has 0 saturated carbocycles. The predicted octanol–water partition coefficient (Wildman–Crippen LogP) is 1.53. The highest BCUT2D eigenvalue weighted by molar-refractivity contribution is 8.15. The van der Waals surface area contributed by atoms with Gasteiger partial charge in [-0.25, -0.2) is 8.42 Å². The maximum atomic E-state index is 10.2. The van der Waals surface area contributed by atoms with Crippen LogP contribution in [0.5, 0.6) is 0 Å². The van der Waals surface area contributed by atoms with Gasteiger partial charge in [-0.3, -0.25) is 0 Å². The van der Waals surface area contributed by atoms with Crippen LogP contribution in [0.25, 0.3) is 0 Å². The van der Waals surface area contributed by atoms with Crippen LogP contribution < -0.4 is 0 Å². The monoisotopic (exact) mass is 176 g/mol. The SMILES string of the molecule is CCC(Cl)S(=O)(=O)Cl. The summed E-state index contributed by atoms with van der Waals surface area (Å²) in [5, 5.41) is 0. The van der Waals surface area contributed by atoms with Crippen molar-refractivity contribution in [2.45, 2.75) is 18.1 Å². The normalized spacial score (nSPS) is 15.9. The van der Waals surface area contributed by atoms with Gasteiger partial charge < -0.3 is 0 Å². The summed E-state index contributed by atoms with van der Waals surface area (Å²) in [6.07, 6.45) is 0.341. The molecule has 1 unspecified atom stereocenters. The molecule has 1 atom stereocenters. The Morgan fingerprint density at radius 3 is 2.00 bits per heavy atom. The van der Waals surface area contributed by atoms with Gasteiger partial charge in [0, 0.05) is 10.7 Å². The van der Waals surface area contributed by atoms with Crippen molar-refractivity contribution in [3.8, 4) is 0 Å². The van der Waals surface area contributed by atoms with Gasteiger partial charge >= 0.3 is 0 Å². The third-order valence-corrected chi connectivity index (χ3v) is 3.50. The van der Waals surface area contributed by atoms with E-state index in [0.717, 1.165) is 0 Å². The average molecular weight is 177 g/mol. The van der Waals surface area contributed by atoms with Crippen molar-refractivity contribution < 1.29 is 8.42 Å². The molecule has 0 heterocycles. The van der Waals surface area contributed by atoms with Crippen molar-refractivity contribution in [3.05, 3.63) is 0 Å². The Kier molecular flexibility index (Phi) is 3.09. The Bertz CT molecular complexity index is 151. The number of hydrogen-bond donors (Lipinski definition) is 0. The van der Waals surface area contributed by atoms with Gasteiger partial charge in [-0.1, -0.05) is 6.92 Å². The molecule has 8 heavy (non-hydrogen) atoms. The number of halogens is 2. The molecule has 50 valence electrons. The summed E-state index contributed by atoms with van der Waals surface area (Å²) in [4.78, 5) is 0. The molecule has 0 saturated heterocycles. The Morgan fingerprint density at radius 2 is 2.00 bits per heavy atom. The van der Waals surface area contributed by atoms with Crippen LogP contribution in [0.2, 0.25) is 0 Å². The first-order chi connectivity index (χ1) is 3.48. The quantitative estimate of drug-likeness (QED) is 0.473. The van der Waals surface area contributed by atoms with E-state index in [9.17, 15) is 8.42 Å². The van der Waals surface area contributed by atoms with E-state index in [1.165, 1.54) is 0 Å². The van der Waals surface area contributed by atoms with Crippen LogP contribution >= 0.6 is 22.3 Å². The summed E-state index contributed by atoms with van der Waals surface area (Å²) in [6.45, 7) is 1.65. The summed E-state index contributed by atoms with van der Waals surface area (Å²) in [5.74, 6) is 0. The Labute approximate surface area is 58.2 Å². The first kappa shape index (κ1) is 8.53. The van der Waals surface area contributed by atoms with Crippen LogP contribution in [0, 0.1) is 0 Å². The van der Waals surface area contributed by atoms with E-state index in [-0.39, 0.29) is 0 Å². The molecule has 0 aliphatic heterocycles. The Balaban J connectivity index is 4.04. The predicted molar refractivity (Wildman–Crippen MR) is 34.7 cm³/mol. The van der Waals surface area contributed by atoms with Gasteiger partial charge in [0.15, 0.2) is 0 Å². The lowest BCUT2D eigenvalue weighted by Gasteiger charge is -1.97. The minimum atomic E-state index is -3.52. The minimum absolute atomic E-state index is 0.341. The molecule has 0 aliphatic rings. The van der Waals surface area contributed by atoms with Crippen molar-refractivity contribution in [1.29, 1.82) is 0 Å². The molecule has 0 aromatic carbocycles. The molecule has 0 N–H and O–H groups in total. The number of hydrogen-bond acceptors (Lipinski definition) is 2.